The van der Waals surface area contributed by atoms with Gasteiger partial charge in [0.2, 0.25) is 0 Å². The van der Waals surface area contributed by atoms with Gasteiger partial charge in [-0.05, 0) is 32.6 Å². The third kappa shape index (κ3) is 2.50. The summed E-state index contributed by atoms with van der Waals surface area (Å²) in [4.78, 5) is 0. The molecule has 0 bridgehead atoms. The summed E-state index contributed by atoms with van der Waals surface area (Å²) in [5.41, 5.74) is 0.0768. The molecule has 0 aromatic heterocycles. The molecule has 0 aliphatic carbocycles. The Morgan fingerprint density at radius 1 is 1.36 bits per heavy atom. The SMILES string of the molecule is CC1(CC2CCCO2)CCC(CBr)O1. The minimum atomic E-state index is 0.0768. The van der Waals surface area contributed by atoms with Gasteiger partial charge in [-0.1, -0.05) is 15.9 Å². The van der Waals surface area contributed by atoms with Crippen LogP contribution in [0.1, 0.15) is 39.0 Å². The van der Waals surface area contributed by atoms with Crippen molar-refractivity contribution in [1.82, 2.24) is 0 Å². The number of alkyl halides is 1. The zero-order valence-electron chi connectivity index (χ0n) is 8.80. The first-order valence-corrected chi connectivity index (χ1v) is 6.69. The van der Waals surface area contributed by atoms with E-state index in [1.165, 1.54) is 25.7 Å². The van der Waals surface area contributed by atoms with Crippen LogP contribution in [0.15, 0.2) is 0 Å². The Morgan fingerprint density at radius 2 is 2.21 bits per heavy atom. The van der Waals surface area contributed by atoms with E-state index in [-0.39, 0.29) is 5.60 Å². The van der Waals surface area contributed by atoms with Gasteiger partial charge >= 0.3 is 0 Å². The van der Waals surface area contributed by atoms with Crippen LogP contribution in [-0.4, -0.2) is 29.7 Å². The molecule has 2 rings (SSSR count). The lowest BCUT2D eigenvalue weighted by Gasteiger charge is -2.27. The first kappa shape index (κ1) is 10.9. The smallest absolute Gasteiger partial charge is 0.0684 e. The van der Waals surface area contributed by atoms with Crippen molar-refractivity contribution in [3.8, 4) is 0 Å². The first-order chi connectivity index (χ1) is 6.72. The standard InChI is InChI=1S/C11H19BrO2/c1-11(5-4-10(8-12)14-11)7-9-3-2-6-13-9/h9-10H,2-8H2,1H3. The van der Waals surface area contributed by atoms with E-state index >= 15 is 0 Å². The van der Waals surface area contributed by atoms with E-state index in [0.717, 1.165) is 18.4 Å². The third-order valence-electron chi connectivity index (χ3n) is 3.30. The monoisotopic (exact) mass is 262 g/mol. The summed E-state index contributed by atoms with van der Waals surface area (Å²) < 4.78 is 11.7. The van der Waals surface area contributed by atoms with Crippen molar-refractivity contribution in [2.75, 3.05) is 11.9 Å². The number of rotatable bonds is 3. The van der Waals surface area contributed by atoms with Crippen molar-refractivity contribution < 1.29 is 9.47 Å². The minimum Gasteiger partial charge on any atom is -0.378 e. The van der Waals surface area contributed by atoms with Gasteiger partial charge in [-0.25, -0.2) is 0 Å². The molecule has 3 atom stereocenters. The lowest BCUT2D eigenvalue weighted by molar-refractivity contribution is -0.0528. The van der Waals surface area contributed by atoms with Crippen molar-refractivity contribution >= 4 is 15.9 Å². The highest BCUT2D eigenvalue weighted by Crippen LogP contribution is 2.36. The Balaban J connectivity index is 1.83. The summed E-state index contributed by atoms with van der Waals surface area (Å²) in [5.74, 6) is 0. The van der Waals surface area contributed by atoms with E-state index < -0.39 is 0 Å². The number of halogens is 1. The van der Waals surface area contributed by atoms with Crippen LogP contribution in [0.2, 0.25) is 0 Å². The molecule has 2 aliphatic heterocycles. The van der Waals surface area contributed by atoms with Crippen LogP contribution in [0.4, 0.5) is 0 Å². The molecule has 2 aliphatic rings. The number of hydrogen-bond donors (Lipinski definition) is 0. The van der Waals surface area contributed by atoms with Gasteiger partial charge in [0.15, 0.2) is 0 Å². The average molecular weight is 263 g/mol. The van der Waals surface area contributed by atoms with Crippen LogP contribution in [-0.2, 0) is 9.47 Å². The molecule has 0 aromatic rings. The van der Waals surface area contributed by atoms with Crippen LogP contribution in [0, 0.1) is 0 Å². The maximum Gasteiger partial charge on any atom is 0.0684 e. The molecule has 3 heteroatoms. The highest BCUT2D eigenvalue weighted by molar-refractivity contribution is 9.09. The summed E-state index contributed by atoms with van der Waals surface area (Å²) in [6.07, 6.45) is 6.77. The molecule has 0 aromatic carbocycles. The largest absolute Gasteiger partial charge is 0.378 e. The van der Waals surface area contributed by atoms with Crippen molar-refractivity contribution in [2.24, 2.45) is 0 Å². The second-order valence-corrected chi connectivity index (χ2v) is 5.37. The Hall–Kier alpha value is 0.400. The summed E-state index contributed by atoms with van der Waals surface area (Å²) in [7, 11) is 0. The fraction of sp³-hybridized carbons (Fsp3) is 1.00. The molecule has 2 saturated heterocycles. The van der Waals surface area contributed by atoms with Gasteiger partial charge in [-0.3, -0.25) is 0 Å². The molecule has 2 fully saturated rings. The molecule has 82 valence electrons. The molecule has 3 unspecified atom stereocenters. The predicted molar refractivity (Wildman–Crippen MR) is 59.9 cm³/mol. The fourth-order valence-corrected chi connectivity index (χ4v) is 2.99. The maximum absolute atomic E-state index is 6.03. The quantitative estimate of drug-likeness (QED) is 0.729. The van der Waals surface area contributed by atoms with Crippen molar-refractivity contribution in [2.45, 2.75) is 56.8 Å². The van der Waals surface area contributed by atoms with Gasteiger partial charge in [-0.15, -0.1) is 0 Å². The topological polar surface area (TPSA) is 18.5 Å². The van der Waals surface area contributed by atoms with E-state index in [2.05, 4.69) is 22.9 Å². The second-order valence-electron chi connectivity index (χ2n) is 4.72. The zero-order valence-corrected chi connectivity index (χ0v) is 10.4. The van der Waals surface area contributed by atoms with E-state index in [1.807, 2.05) is 0 Å². The summed E-state index contributed by atoms with van der Waals surface area (Å²) in [5, 5.41) is 0.966. The lowest BCUT2D eigenvalue weighted by Crippen LogP contribution is -2.30. The Bertz CT molecular complexity index is 192. The molecule has 2 nitrogen and oxygen atoms in total. The van der Waals surface area contributed by atoms with Gasteiger partial charge < -0.3 is 9.47 Å². The predicted octanol–water partition coefficient (Wildman–Crippen LogP) is 2.89. The van der Waals surface area contributed by atoms with Crippen LogP contribution >= 0.6 is 15.9 Å². The summed E-state index contributed by atoms with van der Waals surface area (Å²) >= 11 is 3.48. The van der Waals surface area contributed by atoms with Crippen molar-refractivity contribution in [3.05, 3.63) is 0 Å². The van der Waals surface area contributed by atoms with Crippen LogP contribution < -0.4 is 0 Å². The number of hydrogen-bond acceptors (Lipinski definition) is 2. The zero-order chi connectivity index (χ0) is 10.0. The molecule has 2 heterocycles. The molecule has 0 amide bonds. The molecule has 14 heavy (non-hydrogen) atoms. The normalized spacial score (nSPS) is 43.3. The Morgan fingerprint density at radius 3 is 2.79 bits per heavy atom. The van der Waals surface area contributed by atoms with Gasteiger partial charge in [0.05, 0.1) is 17.8 Å². The molecule has 0 radical (unpaired) electrons. The Labute approximate surface area is 94.5 Å². The lowest BCUT2D eigenvalue weighted by atomic mass is 9.94. The Kier molecular flexibility index (Phi) is 3.50. The van der Waals surface area contributed by atoms with E-state index in [9.17, 15) is 0 Å². The first-order valence-electron chi connectivity index (χ1n) is 5.57. The van der Waals surface area contributed by atoms with Gasteiger partial charge in [0.1, 0.15) is 0 Å². The highest BCUT2D eigenvalue weighted by Gasteiger charge is 2.38. The van der Waals surface area contributed by atoms with E-state index in [1.54, 1.807) is 0 Å². The van der Waals surface area contributed by atoms with Crippen LogP contribution in [0.25, 0.3) is 0 Å². The molecule has 0 N–H and O–H groups in total. The highest BCUT2D eigenvalue weighted by atomic mass is 79.9. The van der Waals surface area contributed by atoms with Crippen molar-refractivity contribution in [1.29, 1.82) is 0 Å². The number of ether oxygens (including phenoxy) is 2. The van der Waals surface area contributed by atoms with Crippen LogP contribution in [0.5, 0.6) is 0 Å². The van der Waals surface area contributed by atoms with E-state index in [4.69, 9.17) is 9.47 Å². The average Bonchev–Trinajstić information content (AvgIpc) is 2.76. The maximum atomic E-state index is 6.03. The summed E-state index contributed by atoms with van der Waals surface area (Å²) in [6, 6.07) is 0. The molecular formula is C11H19BrO2. The van der Waals surface area contributed by atoms with Gasteiger partial charge in [0, 0.05) is 18.4 Å². The van der Waals surface area contributed by atoms with Crippen molar-refractivity contribution in [3.63, 3.8) is 0 Å². The summed E-state index contributed by atoms with van der Waals surface area (Å²) in [6.45, 7) is 3.18. The van der Waals surface area contributed by atoms with Crippen LogP contribution in [0.3, 0.4) is 0 Å². The van der Waals surface area contributed by atoms with Gasteiger partial charge in [0.25, 0.3) is 0 Å². The molecule has 0 saturated carbocycles. The molecular weight excluding hydrogens is 244 g/mol. The van der Waals surface area contributed by atoms with Gasteiger partial charge in [-0.2, -0.15) is 0 Å². The third-order valence-corrected chi connectivity index (χ3v) is 4.02. The second kappa shape index (κ2) is 4.50. The molecule has 0 spiro atoms. The fourth-order valence-electron chi connectivity index (χ4n) is 2.53. The minimum absolute atomic E-state index is 0.0768. The van der Waals surface area contributed by atoms with E-state index in [0.29, 0.717) is 12.2 Å².